The van der Waals surface area contributed by atoms with Gasteiger partial charge in [-0.2, -0.15) is 5.10 Å². The number of hydrogen-bond acceptors (Lipinski definition) is 2. The summed E-state index contributed by atoms with van der Waals surface area (Å²) in [5, 5.41) is 12.6. The molecular formula is C5H4BrIN2O2. The molecule has 0 unspecified atom stereocenters. The Morgan fingerprint density at radius 3 is 2.55 bits per heavy atom. The van der Waals surface area contributed by atoms with Gasteiger partial charge < -0.3 is 5.11 Å². The summed E-state index contributed by atoms with van der Waals surface area (Å²) in [5.41, 5.74) is 0.206. The fourth-order valence-corrected chi connectivity index (χ4v) is 1.81. The van der Waals surface area contributed by atoms with Gasteiger partial charge in [0.1, 0.15) is 4.60 Å². The van der Waals surface area contributed by atoms with E-state index < -0.39 is 5.97 Å². The van der Waals surface area contributed by atoms with Gasteiger partial charge in [-0.25, -0.2) is 4.79 Å². The molecule has 1 heterocycles. The second kappa shape index (κ2) is 3.10. The Morgan fingerprint density at radius 1 is 1.82 bits per heavy atom. The van der Waals surface area contributed by atoms with Crippen LogP contribution in [0.5, 0.6) is 0 Å². The molecule has 6 heteroatoms. The van der Waals surface area contributed by atoms with E-state index in [1.165, 1.54) is 4.68 Å². The monoisotopic (exact) mass is 330 g/mol. The molecule has 0 radical (unpaired) electrons. The predicted octanol–water partition coefficient (Wildman–Crippen LogP) is 1.49. The van der Waals surface area contributed by atoms with Gasteiger partial charge in [0.25, 0.3) is 0 Å². The van der Waals surface area contributed by atoms with Crippen molar-refractivity contribution in [2.45, 2.75) is 0 Å². The van der Waals surface area contributed by atoms with Crippen LogP contribution >= 0.6 is 38.5 Å². The Hall–Kier alpha value is -0.110. The van der Waals surface area contributed by atoms with Gasteiger partial charge in [0.15, 0.2) is 5.69 Å². The van der Waals surface area contributed by atoms with E-state index in [4.69, 9.17) is 5.11 Å². The van der Waals surface area contributed by atoms with Crippen molar-refractivity contribution in [3.8, 4) is 0 Å². The molecule has 0 saturated heterocycles. The van der Waals surface area contributed by atoms with Crippen LogP contribution in [0.15, 0.2) is 4.60 Å². The third-order valence-electron chi connectivity index (χ3n) is 1.15. The highest BCUT2D eigenvalue weighted by atomic mass is 127. The quantitative estimate of drug-likeness (QED) is 0.794. The number of carbonyl (C=O) groups is 1. The smallest absolute Gasteiger partial charge is 0.355 e. The molecule has 1 N–H and O–H groups in total. The Labute approximate surface area is 84.9 Å². The number of aromatic carboxylic acids is 1. The number of aromatic nitrogens is 2. The first-order chi connectivity index (χ1) is 5.04. The van der Waals surface area contributed by atoms with E-state index in [9.17, 15) is 4.79 Å². The molecule has 4 nitrogen and oxygen atoms in total. The molecule has 0 aromatic carbocycles. The van der Waals surface area contributed by atoms with Crippen LogP contribution in [0, 0.1) is 3.57 Å². The molecular weight excluding hydrogens is 327 g/mol. The first-order valence-electron chi connectivity index (χ1n) is 2.65. The van der Waals surface area contributed by atoms with Crippen LogP contribution in [0.1, 0.15) is 10.5 Å². The lowest BCUT2D eigenvalue weighted by molar-refractivity contribution is 0.0684. The maximum Gasteiger partial charge on any atom is 0.355 e. The molecule has 0 atom stereocenters. The van der Waals surface area contributed by atoms with Crippen LogP contribution in [0.4, 0.5) is 0 Å². The number of halogens is 2. The van der Waals surface area contributed by atoms with Crippen molar-refractivity contribution < 1.29 is 9.90 Å². The van der Waals surface area contributed by atoms with Gasteiger partial charge in [0.2, 0.25) is 0 Å². The predicted molar refractivity (Wildman–Crippen MR) is 50.6 cm³/mol. The van der Waals surface area contributed by atoms with Gasteiger partial charge in [-0.15, -0.1) is 0 Å². The van der Waals surface area contributed by atoms with Crippen LogP contribution < -0.4 is 0 Å². The van der Waals surface area contributed by atoms with E-state index >= 15 is 0 Å². The zero-order valence-electron chi connectivity index (χ0n) is 5.51. The third kappa shape index (κ3) is 1.56. The van der Waals surface area contributed by atoms with Crippen molar-refractivity contribution in [3.05, 3.63) is 13.9 Å². The van der Waals surface area contributed by atoms with E-state index in [0.29, 0.717) is 8.17 Å². The number of nitrogens with zero attached hydrogens (tertiary/aromatic N) is 2. The number of hydrogen-bond donors (Lipinski definition) is 1. The van der Waals surface area contributed by atoms with E-state index in [0.717, 1.165) is 0 Å². The van der Waals surface area contributed by atoms with Crippen molar-refractivity contribution >= 4 is 44.5 Å². The zero-order valence-corrected chi connectivity index (χ0v) is 9.25. The van der Waals surface area contributed by atoms with Crippen molar-refractivity contribution in [3.63, 3.8) is 0 Å². The van der Waals surface area contributed by atoms with Crippen LogP contribution in [0.3, 0.4) is 0 Å². The fraction of sp³-hybridized carbons (Fsp3) is 0.200. The summed E-state index contributed by atoms with van der Waals surface area (Å²) in [6.45, 7) is 0. The Morgan fingerprint density at radius 2 is 2.36 bits per heavy atom. The maximum absolute atomic E-state index is 10.6. The summed E-state index contributed by atoms with van der Waals surface area (Å²) in [6.07, 6.45) is 0. The molecule has 0 aliphatic carbocycles. The number of rotatable bonds is 1. The average Bonchev–Trinajstić information content (AvgIpc) is 2.07. The molecule has 0 fully saturated rings. The van der Waals surface area contributed by atoms with Crippen molar-refractivity contribution in [2.24, 2.45) is 7.05 Å². The zero-order chi connectivity index (χ0) is 8.59. The first-order valence-corrected chi connectivity index (χ1v) is 4.52. The van der Waals surface area contributed by atoms with Crippen LogP contribution in [0.25, 0.3) is 0 Å². The van der Waals surface area contributed by atoms with E-state index in [2.05, 4.69) is 21.0 Å². The molecule has 0 bridgehead atoms. The largest absolute Gasteiger partial charge is 0.476 e. The molecule has 0 amide bonds. The van der Waals surface area contributed by atoms with Gasteiger partial charge in [-0.05, 0) is 38.5 Å². The number of carboxylic acid groups (broad SMARTS) is 1. The Kier molecular flexibility index (Phi) is 2.53. The van der Waals surface area contributed by atoms with E-state index in [-0.39, 0.29) is 5.69 Å². The SMILES string of the molecule is Cn1nc(Br)c(I)c1C(=O)O. The molecule has 1 aromatic rings. The summed E-state index contributed by atoms with van der Waals surface area (Å²) < 4.78 is 2.52. The molecule has 0 aliphatic heterocycles. The minimum atomic E-state index is -0.963. The fourth-order valence-electron chi connectivity index (χ4n) is 0.698. The lowest BCUT2D eigenvalue weighted by Gasteiger charge is -1.93. The van der Waals surface area contributed by atoms with E-state index in [1.807, 2.05) is 22.6 Å². The second-order valence-electron chi connectivity index (χ2n) is 1.88. The molecule has 0 saturated carbocycles. The lowest BCUT2D eigenvalue weighted by Crippen LogP contribution is -2.06. The topological polar surface area (TPSA) is 55.1 Å². The molecule has 60 valence electrons. The molecule has 1 rings (SSSR count). The highest BCUT2D eigenvalue weighted by Gasteiger charge is 2.17. The van der Waals surface area contributed by atoms with E-state index in [1.54, 1.807) is 7.05 Å². The standard InChI is InChI=1S/C5H4BrIN2O2/c1-9-3(5(10)11)2(7)4(6)8-9/h1H3,(H,10,11). The minimum absolute atomic E-state index is 0.206. The van der Waals surface area contributed by atoms with Gasteiger partial charge in [0, 0.05) is 7.05 Å². The van der Waals surface area contributed by atoms with Crippen LogP contribution in [0.2, 0.25) is 0 Å². The Balaban J connectivity index is 3.34. The van der Waals surface area contributed by atoms with Gasteiger partial charge in [-0.1, -0.05) is 0 Å². The van der Waals surface area contributed by atoms with Crippen LogP contribution in [-0.2, 0) is 7.05 Å². The molecule has 11 heavy (non-hydrogen) atoms. The van der Waals surface area contributed by atoms with Gasteiger partial charge >= 0.3 is 5.97 Å². The first kappa shape index (κ1) is 8.98. The summed E-state index contributed by atoms with van der Waals surface area (Å²) >= 11 is 5.06. The lowest BCUT2D eigenvalue weighted by atomic mass is 10.4. The highest BCUT2D eigenvalue weighted by molar-refractivity contribution is 14.1. The maximum atomic E-state index is 10.6. The van der Waals surface area contributed by atoms with Gasteiger partial charge in [-0.3, -0.25) is 4.68 Å². The Bertz CT molecular complexity index is 310. The molecule has 0 spiro atoms. The van der Waals surface area contributed by atoms with Crippen LogP contribution in [-0.4, -0.2) is 20.9 Å². The third-order valence-corrected chi connectivity index (χ3v) is 3.47. The summed E-state index contributed by atoms with van der Waals surface area (Å²) in [5.74, 6) is -0.963. The highest BCUT2D eigenvalue weighted by Crippen LogP contribution is 2.20. The molecule has 1 aromatic heterocycles. The van der Waals surface area contributed by atoms with Crippen molar-refractivity contribution in [1.82, 2.24) is 9.78 Å². The average molecular weight is 331 g/mol. The molecule has 0 aliphatic rings. The summed E-state index contributed by atoms with van der Waals surface area (Å²) in [7, 11) is 1.59. The summed E-state index contributed by atoms with van der Waals surface area (Å²) in [6, 6.07) is 0. The number of carboxylic acids is 1. The normalized spacial score (nSPS) is 10.1. The summed E-state index contributed by atoms with van der Waals surface area (Å²) in [4.78, 5) is 10.6. The van der Waals surface area contributed by atoms with Crippen molar-refractivity contribution in [1.29, 1.82) is 0 Å². The number of aryl methyl sites for hydroxylation is 1. The van der Waals surface area contributed by atoms with Crippen molar-refractivity contribution in [2.75, 3.05) is 0 Å². The second-order valence-corrected chi connectivity index (χ2v) is 3.71. The minimum Gasteiger partial charge on any atom is -0.476 e. The van der Waals surface area contributed by atoms with Gasteiger partial charge in [0.05, 0.1) is 3.57 Å².